The molecule has 0 aromatic heterocycles. The summed E-state index contributed by atoms with van der Waals surface area (Å²) < 4.78 is 83.1. The number of hydrogen-bond acceptors (Lipinski definition) is 3. The summed E-state index contributed by atoms with van der Waals surface area (Å²) >= 11 is 0. The number of nitrogens with one attached hydrogen (secondary N) is 2. The van der Waals surface area contributed by atoms with Crippen LogP contribution in [-0.2, 0) is 28.4 Å². The zero-order valence-electron chi connectivity index (χ0n) is 16.9. The van der Waals surface area contributed by atoms with Crippen LogP contribution in [0.4, 0.5) is 26.3 Å². The van der Waals surface area contributed by atoms with Crippen LogP contribution in [0.15, 0.2) is 18.2 Å². The normalized spacial score (nSPS) is 23.2. The summed E-state index contributed by atoms with van der Waals surface area (Å²) in [4.78, 5) is 12.4. The molecule has 2 N–H and O–H groups in total. The van der Waals surface area contributed by atoms with Gasteiger partial charge in [0.1, 0.15) is 0 Å². The Kier molecular flexibility index (Phi) is 7.51. The Morgan fingerprint density at radius 3 is 2.13 bits per heavy atom. The molecule has 0 spiro atoms. The minimum Gasteiger partial charge on any atom is -0.381 e. The van der Waals surface area contributed by atoms with Crippen molar-refractivity contribution in [3.05, 3.63) is 34.9 Å². The highest BCUT2D eigenvalue weighted by Crippen LogP contribution is 2.36. The fourth-order valence-electron chi connectivity index (χ4n) is 4.19. The van der Waals surface area contributed by atoms with Crippen molar-refractivity contribution in [1.29, 1.82) is 0 Å². The summed E-state index contributed by atoms with van der Waals surface area (Å²) in [5, 5.41) is 6.01. The first-order valence-electron chi connectivity index (χ1n) is 10.4. The molecule has 2 aliphatic rings. The third-order valence-corrected chi connectivity index (χ3v) is 5.94. The van der Waals surface area contributed by atoms with E-state index in [4.69, 9.17) is 4.74 Å². The first-order valence-corrected chi connectivity index (χ1v) is 10.4. The molecule has 4 nitrogen and oxygen atoms in total. The van der Waals surface area contributed by atoms with Crippen LogP contribution in [0, 0.1) is 11.8 Å². The van der Waals surface area contributed by atoms with Gasteiger partial charge in [-0.2, -0.15) is 26.3 Å². The molecule has 1 aromatic rings. The van der Waals surface area contributed by atoms with E-state index in [-0.39, 0.29) is 30.0 Å². The molecule has 3 rings (SSSR count). The van der Waals surface area contributed by atoms with Gasteiger partial charge in [-0.1, -0.05) is 0 Å². The van der Waals surface area contributed by atoms with Gasteiger partial charge in [-0.05, 0) is 68.3 Å². The van der Waals surface area contributed by atoms with E-state index in [1.54, 1.807) is 0 Å². The number of hydrogen-bond donors (Lipinski definition) is 2. The maximum Gasteiger partial charge on any atom is 0.416 e. The Balaban J connectivity index is 1.53. The number of benzene rings is 1. The van der Waals surface area contributed by atoms with Crippen LogP contribution < -0.4 is 10.6 Å². The SMILES string of the molecule is O=C(NCc1cc(C(F)(F)F)cc(C(F)(F)F)c1)[C@H]1CCC(CNC2CCOCC2)C1. The number of rotatable bonds is 6. The molecule has 1 amide bonds. The fourth-order valence-corrected chi connectivity index (χ4v) is 4.19. The summed E-state index contributed by atoms with van der Waals surface area (Å²) in [5.41, 5.74) is -3.00. The van der Waals surface area contributed by atoms with Crippen molar-refractivity contribution >= 4 is 5.91 Å². The van der Waals surface area contributed by atoms with Crippen molar-refractivity contribution < 1.29 is 35.9 Å². The van der Waals surface area contributed by atoms with Crippen molar-refractivity contribution in [2.45, 2.75) is 57.0 Å². The first kappa shape index (κ1) is 23.8. The molecule has 2 fully saturated rings. The first-order chi connectivity index (χ1) is 14.5. The molecule has 1 saturated heterocycles. The molecular weight excluding hydrogens is 426 g/mol. The third kappa shape index (κ3) is 6.83. The summed E-state index contributed by atoms with van der Waals surface area (Å²) in [5.74, 6) is -0.294. The number of carbonyl (C=O) groups excluding carboxylic acids is 1. The standard InChI is InChI=1S/C21H26F6N2O2/c22-20(23,24)16-8-14(9-17(10-16)21(25,26)27)12-29-19(30)15-2-1-13(7-15)11-28-18-3-5-31-6-4-18/h8-10,13,15,18,28H,1-7,11-12H2,(H,29,30)/t13?,15-/m0/s1. The molecule has 1 aliphatic heterocycles. The number of alkyl halides is 6. The minimum absolute atomic E-state index is 0.0817. The fraction of sp³-hybridized carbons (Fsp3) is 0.667. The van der Waals surface area contributed by atoms with E-state index < -0.39 is 23.5 Å². The lowest BCUT2D eigenvalue weighted by Crippen LogP contribution is -2.37. The van der Waals surface area contributed by atoms with Gasteiger partial charge in [0.25, 0.3) is 0 Å². The second-order valence-corrected chi connectivity index (χ2v) is 8.30. The van der Waals surface area contributed by atoms with Crippen LogP contribution in [0.25, 0.3) is 0 Å². The van der Waals surface area contributed by atoms with E-state index in [1.165, 1.54) is 0 Å². The van der Waals surface area contributed by atoms with Gasteiger partial charge in [0, 0.05) is 31.7 Å². The topological polar surface area (TPSA) is 50.4 Å². The quantitative estimate of drug-likeness (QED) is 0.624. The van der Waals surface area contributed by atoms with Gasteiger partial charge in [0.15, 0.2) is 0 Å². The molecule has 10 heteroatoms. The van der Waals surface area contributed by atoms with Crippen molar-refractivity contribution in [2.24, 2.45) is 11.8 Å². The lowest BCUT2D eigenvalue weighted by atomic mass is 10.0. The van der Waals surface area contributed by atoms with Crippen LogP contribution in [0.3, 0.4) is 0 Å². The number of amides is 1. The molecule has 31 heavy (non-hydrogen) atoms. The van der Waals surface area contributed by atoms with E-state index in [9.17, 15) is 31.1 Å². The Labute approximate surface area is 176 Å². The van der Waals surface area contributed by atoms with Crippen molar-refractivity contribution in [3.8, 4) is 0 Å². The van der Waals surface area contributed by atoms with Crippen molar-refractivity contribution in [2.75, 3.05) is 19.8 Å². The Bertz CT molecular complexity index is 727. The van der Waals surface area contributed by atoms with Gasteiger partial charge >= 0.3 is 12.4 Å². The number of halogens is 6. The van der Waals surface area contributed by atoms with Gasteiger partial charge in [0.05, 0.1) is 11.1 Å². The average Bonchev–Trinajstić information content (AvgIpc) is 3.19. The van der Waals surface area contributed by atoms with Crippen LogP contribution in [0.5, 0.6) is 0 Å². The molecule has 1 unspecified atom stereocenters. The van der Waals surface area contributed by atoms with E-state index in [1.807, 2.05) is 0 Å². The molecule has 0 radical (unpaired) electrons. The van der Waals surface area contributed by atoms with Gasteiger partial charge < -0.3 is 15.4 Å². The van der Waals surface area contributed by atoms with Crippen LogP contribution in [-0.4, -0.2) is 31.7 Å². The Morgan fingerprint density at radius 2 is 1.55 bits per heavy atom. The summed E-state index contributed by atoms with van der Waals surface area (Å²) in [6.45, 7) is 1.88. The largest absolute Gasteiger partial charge is 0.416 e. The Hall–Kier alpha value is -1.81. The van der Waals surface area contributed by atoms with Crippen molar-refractivity contribution in [1.82, 2.24) is 10.6 Å². The zero-order valence-corrected chi connectivity index (χ0v) is 16.9. The predicted molar refractivity (Wildman–Crippen MR) is 101 cm³/mol. The highest BCUT2D eigenvalue weighted by molar-refractivity contribution is 5.78. The maximum atomic E-state index is 13.0. The molecule has 1 aliphatic carbocycles. The highest BCUT2D eigenvalue weighted by Gasteiger charge is 2.37. The lowest BCUT2D eigenvalue weighted by Gasteiger charge is -2.24. The predicted octanol–water partition coefficient (Wildman–Crippen LogP) is 4.53. The Morgan fingerprint density at radius 1 is 0.935 bits per heavy atom. The van der Waals surface area contributed by atoms with E-state index in [0.29, 0.717) is 36.9 Å². The molecule has 1 heterocycles. The van der Waals surface area contributed by atoms with Gasteiger partial charge in [0.2, 0.25) is 5.91 Å². The summed E-state index contributed by atoms with van der Waals surface area (Å²) in [6.07, 6.45) is -5.75. The molecule has 174 valence electrons. The number of carbonyl (C=O) groups is 1. The van der Waals surface area contributed by atoms with E-state index >= 15 is 0 Å². The summed E-state index contributed by atoms with van der Waals surface area (Å²) in [6, 6.07) is 1.78. The van der Waals surface area contributed by atoms with Gasteiger partial charge in [-0.15, -0.1) is 0 Å². The average molecular weight is 452 g/mol. The zero-order chi connectivity index (χ0) is 22.6. The van der Waals surface area contributed by atoms with Crippen LogP contribution >= 0.6 is 0 Å². The van der Waals surface area contributed by atoms with Gasteiger partial charge in [-0.3, -0.25) is 4.79 Å². The second-order valence-electron chi connectivity index (χ2n) is 8.30. The molecule has 1 aromatic carbocycles. The minimum atomic E-state index is -4.91. The molecular formula is C21H26F6N2O2. The van der Waals surface area contributed by atoms with Crippen molar-refractivity contribution in [3.63, 3.8) is 0 Å². The highest BCUT2D eigenvalue weighted by atomic mass is 19.4. The van der Waals surface area contributed by atoms with Gasteiger partial charge in [-0.25, -0.2) is 0 Å². The molecule has 2 atom stereocenters. The number of ether oxygens (including phenoxy) is 1. The van der Waals surface area contributed by atoms with Crippen LogP contribution in [0.1, 0.15) is 48.8 Å². The second kappa shape index (κ2) is 9.77. The monoisotopic (exact) mass is 452 g/mol. The smallest absolute Gasteiger partial charge is 0.381 e. The van der Waals surface area contributed by atoms with Crippen LogP contribution in [0.2, 0.25) is 0 Å². The van der Waals surface area contributed by atoms with E-state index in [0.717, 1.165) is 39.0 Å². The van der Waals surface area contributed by atoms with E-state index in [2.05, 4.69) is 10.6 Å². The lowest BCUT2D eigenvalue weighted by molar-refractivity contribution is -0.143. The molecule has 1 saturated carbocycles. The summed E-state index contributed by atoms with van der Waals surface area (Å²) in [7, 11) is 0. The third-order valence-electron chi connectivity index (χ3n) is 5.94. The maximum absolute atomic E-state index is 13.0. The molecule has 0 bridgehead atoms.